The van der Waals surface area contributed by atoms with Crippen molar-refractivity contribution in [2.45, 2.75) is 105 Å². The molecule has 0 saturated heterocycles. The normalized spacial score (nSPS) is 38.0. The van der Waals surface area contributed by atoms with Crippen LogP contribution in [0.4, 0.5) is 0 Å². The first-order valence-corrected chi connectivity index (χ1v) is 16.2. The molecule has 0 spiro atoms. The van der Waals surface area contributed by atoms with Gasteiger partial charge in [0.1, 0.15) is 12.2 Å². The summed E-state index contributed by atoms with van der Waals surface area (Å²) in [5, 5.41) is 2.96. The van der Waals surface area contributed by atoms with Gasteiger partial charge < -0.3 is 14.8 Å². The summed E-state index contributed by atoms with van der Waals surface area (Å²) in [6.07, 6.45) is 12.8. The molecule has 1 heterocycles. The number of rotatable bonds is 7. The summed E-state index contributed by atoms with van der Waals surface area (Å²) in [6.45, 7) is 12.0. The number of amides is 1. The Labute approximate surface area is 246 Å². The SMILES string of the molecule is CC(=O)NC[C@@H](C)CCC1=C(C)[C@H]2[C@H](C[C@H]3[C@@H]4CC=C5C[C@H](OC(=O)c6ccccc6)CC[C@]5(C)[C@H]4CC[C@@]32C)O1. The van der Waals surface area contributed by atoms with E-state index in [9.17, 15) is 9.59 Å². The molecule has 1 aromatic rings. The average molecular weight is 560 g/mol. The number of carbonyl (C=O) groups is 2. The van der Waals surface area contributed by atoms with Gasteiger partial charge in [0.15, 0.2) is 0 Å². The molecule has 5 aliphatic rings. The van der Waals surface area contributed by atoms with Crippen molar-refractivity contribution in [1.29, 1.82) is 0 Å². The van der Waals surface area contributed by atoms with Crippen molar-refractivity contribution in [3.8, 4) is 0 Å². The van der Waals surface area contributed by atoms with Crippen LogP contribution in [-0.4, -0.2) is 30.6 Å². The van der Waals surface area contributed by atoms with E-state index in [1.807, 2.05) is 30.3 Å². The lowest BCUT2D eigenvalue weighted by atomic mass is 9.47. The van der Waals surface area contributed by atoms with Crippen LogP contribution < -0.4 is 5.32 Å². The predicted octanol–water partition coefficient (Wildman–Crippen LogP) is 7.63. The minimum Gasteiger partial charge on any atom is -0.494 e. The fraction of sp³-hybridized carbons (Fsp3) is 0.667. The first-order chi connectivity index (χ1) is 19.6. The number of hydrogen-bond donors (Lipinski definition) is 1. The van der Waals surface area contributed by atoms with E-state index in [0.717, 1.165) is 45.1 Å². The third-order valence-corrected chi connectivity index (χ3v) is 12.1. The molecule has 1 aromatic carbocycles. The molecule has 3 fully saturated rings. The van der Waals surface area contributed by atoms with Crippen molar-refractivity contribution in [2.75, 3.05) is 6.54 Å². The van der Waals surface area contributed by atoms with Crippen molar-refractivity contribution >= 4 is 11.9 Å². The van der Waals surface area contributed by atoms with E-state index < -0.39 is 0 Å². The predicted molar refractivity (Wildman–Crippen MR) is 161 cm³/mol. The molecule has 5 nitrogen and oxygen atoms in total. The largest absolute Gasteiger partial charge is 0.494 e. The molecule has 6 rings (SSSR count). The fourth-order valence-electron chi connectivity index (χ4n) is 9.90. The van der Waals surface area contributed by atoms with E-state index in [1.165, 1.54) is 30.6 Å². The van der Waals surface area contributed by atoms with Gasteiger partial charge in [-0.25, -0.2) is 4.79 Å². The first kappa shape index (κ1) is 28.6. The number of benzene rings is 1. The van der Waals surface area contributed by atoms with Gasteiger partial charge in [0, 0.05) is 32.2 Å². The van der Waals surface area contributed by atoms with Crippen LogP contribution in [0.1, 0.15) is 103 Å². The highest BCUT2D eigenvalue weighted by molar-refractivity contribution is 5.89. The Bertz CT molecular complexity index is 1240. The number of hydrogen-bond acceptors (Lipinski definition) is 4. The van der Waals surface area contributed by atoms with E-state index in [1.54, 1.807) is 12.5 Å². The van der Waals surface area contributed by atoms with Crippen molar-refractivity contribution in [2.24, 2.45) is 40.4 Å². The highest BCUT2D eigenvalue weighted by atomic mass is 16.5. The van der Waals surface area contributed by atoms with Gasteiger partial charge in [0.25, 0.3) is 0 Å². The summed E-state index contributed by atoms with van der Waals surface area (Å²) in [5.41, 5.74) is 4.22. The molecule has 0 aromatic heterocycles. The second-order valence-electron chi connectivity index (χ2n) is 14.5. The molecule has 1 amide bonds. The van der Waals surface area contributed by atoms with E-state index in [0.29, 0.717) is 46.7 Å². The van der Waals surface area contributed by atoms with Crippen LogP contribution in [0.3, 0.4) is 0 Å². The molecule has 3 saturated carbocycles. The molecule has 5 heteroatoms. The van der Waals surface area contributed by atoms with Crippen molar-refractivity contribution in [3.63, 3.8) is 0 Å². The lowest BCUT2D eigenvalue weighted by Crippen LogP contribution is -2.50. The van der Waals surface area contributed by atoms with Crippen LogP contribution in [0.2, 0.25) is 0 Å². The number of carbonyl (C=O) groups excluding carboxylic acids is 2. The van der Waals surface area contributed by atoms with Crippen LogP contribution in [0.15, 0.2) is 53.3 Å². The number of nitrogens with one attached hydrogen (secondary N) is 1. The molecule has 4 aliphatic carbocycles. The Balaban J connectivity index is 1.12. The molecular weight excluding hydrogens is 510 g/mol. The smallest absolute Gasteiger partial charge is 0.338 e. The Morgan fingerprint density at radius 1 is 1.12 bits per heavy atom. The standard InChI is InChI=1S/C36H49NO4/c1-22(21-37-24(3)38)11-14-31-23(2)33-32(41-31)20-30-28-13-12-26-19-27(40-34(39)25-9-7-6-8-10-25)15-17-35(26,4)29(28)16-18-36(30,33)5/h6-10,12,22,27-30,32-33H,11,13-21H2,1-5H3,(H,37,38)/t22-,27+,28+,29-,30-,32-,33-,35-,36-/m0/s1. The van der Waals surface area contributed by atoms with Gasteiger partial charge in [0.05, 0.1) is 11.3 Å². The average Bonchev–Trinajstić information content (AvgIpc) is 3.44. The maximum absolute atomic E-state index is 12.7. The molecule has 0 bridgehead atoms. The van der Waals surface area contributed by atoms with Gasteiger partial charge in [0.2, 0.25) is 5.91 Å². The quantitative estimate of drug-likeness (QED) is 0.276. The second kappa shape index (κ2) is 10.9. The third kappa shape index (κ3) is 5.06. The van der Waals surface area contributed by atoms with Crippen molar-refractivity contribution in [3.05, 3.63) is 58.9 Å². The van der Waals surface area contributed by atoms with Crippen LogP contribution >= 0.6 is 0 Å². The van der Waals surface area contributed by atoms with E-state index in [-0.39, 0.29) is 23.4 Å². The molecule has 222 valence electrons. The Morgan fingerprint density at radius 2 is 1.90 bits per heavy atom. The Kier molecular flexibility index (Phi) is 7.61. The zero-order chi connectivity index (χ0) is 28.9. The maximum atomic E-state index is 12.7. The number of fused-ring (bicyclic) bond motifs is 7. The number of ether oxygens (including phenoxy) is 2. The van der Waals surface area contributed by atoms with E-state index in [2.05, 4.69) is 39.1 Å². The van der Waals surface area contributed by atoms with Crippen LogP contribution in [-0.2, 0) is 14.3 Å². The van der Waals surface area contributed by atoms with Gasteiger partial charge in [-0.2, -0.15) is 0 Å². The molecule has 0 radical (unpaired) electrons. The van der Waals surface area contributed by atoms with Gasteiger partial charge >= 0.3 is 5.97 Å². The number of esters is 1. The van der Waals surface area contributed by atoms with Crippen molar-refractivity contribution < 1.29 is 19.1 Å². The summed E-state index contributed by atoms with van der Waals surface area (Å²) >= 11 is 0. The second-order valence-corrected chi connectivity index (χ2v) is 14.5. The minimum absolute atomic E-state index is 0.0150. The summed E-state index contributed by atoms with van der Waals surface area (Å²) in [5.74, 6) is 4.21. The zero-order valence-electron chi connectivity index (χ0n) is 25.7. The molecule has 41 heavy (non-hydrogen) atoms. The molecule has 1 aliphatic heterocycles. The summed E-state index contributed by atoms with van der Waals surface area (Å²) in [7, 11) is 0. The van der Waals surface area contributed by atoms with Gasteiger partial charge in [-0.1, -0.05) is 50.6 Å². The Hall–Kier alpha value is -2.56. The summed E-state index contributed by atoms with van der Waals surface area (Å²) in [6, 6.07) is 9.40. The van der Waals surface area contributed by atoms with E-state index in [4.69, 9.17) is 9.47 Å². The van der Waals surface area contributed by atoms with Crippen LogP contribution in [0.25, 0.3) is 0 Å². The molecule has 1 N–H and O–H groups in total. The van der Waals surface area contributed by atoms with Gasteiger partial charge in [-0.05, 0) is 104 Å². The lowest BCUT2D eigenvalue weighted by Gasteiger charge is -2.58. The topological polar surface area (TPSA) is 64.6 Å². The third-order valence-electron chi connectivity index (χ3n) is 12.1. The fourth-order valence-corrected chi connectivity index (χ4v) is 9.90. The zero-order valence-corrected chi connectivity index (χ0v) is 25.7. The molecule has 9 atom stereocenters. The summed E-state index contributed by atoms with van der Waals surface area (Å²) < 4.78 is 12.8. The van der Waals surface area contributed by atoms with Gasteiger partial charge in [-0.15, -0.1) is 0 Å². The monoisotopic (exact) mass is 559 g/mol. The molecule has 0 unspecified atom stereocenters. The highest BCUT2D eigenvalue weighted by Crippen LogP contribution is 2.69. The Morgan fingerprint density at radius 3 is 2.66 bits per heavy atom. The van der Waals surface area contributed by atoms with Crippen LogP contribution in [0.5, 0.6) is 0 Å². The molecular formula is C36H49NO4. The minimum atomic E-state index is -0.190. The highest BCUT2D eigenvalue weighted by Gasteiger charge is 2.63. The van der Waals surface area contributed by atoms with Crippen molar-refractivity contribution in [1.82, 2.24) is 5.32 Å². The maximum Gasteiger partial charge on any atom is 0.338 e. The van der Waals surface area contributed by atoms with Gasteiger partial charge in [-0.3, -0.25) is 4.79 Å². The van der Waals surface area contributed by atoms with Crippen LogP contribution in [0, 0.1) is 40.4 Å². The summed E-state index contributed by atoms with van der Waals surface area (Å²) in [4.78, 5) is 24.0. The number of allylic oxidation sites excluding steroid dienone is 2. The lowest BCUT2D eigenvalue weighted by molar-refractivity contribution is -0.119. The first-order valence-electron chi connectivity index (χ1n) is 16.2. The van der Waals surface area contributed by atoms with E-state index >= 15 is 0 Å².